The summed E-state index contributed by atoms with van der Waals surface area (Å²) < 4.78 is 53.4. The van der Waals surface area contributed by atoms with Crippen LogP contribution in [0.1, 0.15) is 61.6 Å². The van der Waals surface area contributed by atoms with Gasteiger partial charge in [0.2, 0.25) is 11.8 Å². The van der Waals surface area contributed by atoms with Gasteiger partial charge in [0.15, 0.2) is 0 Å². The van der Waals surface area contributed by atoms with Crippen molar-refractivity contribution in [3.63, 3.8) is 0 Å². The molecule has 2 saturated heterocycles. The summed E-state index contributed by atoms with van der Waals surface area (Å²) in [6, 6.07) is 8.42. The summed E-state index contributed by atoms with van der Waals surface area (Å²) in [6.45, 7) is 5.39. The minimum Gasteiger partial charge on any atom is -0.354 e. The van der Waals surface area contributed by atoms with E-state index in [0.29, 0.717) is 35.1 Å². The van der Waals surface area contributed by atoms with Crippen molar-refractivity contribution in [1.29, 1.82) is 0 Å². The molecule has 2 aliphatic heterocycles. The first kappa shape index (κ1) is 33.5. The van der Waals surface area contributed by atoms with Gasteiger partial charge in [-0.2, -0.15) is 13.2 Å². The summed E-state index contributed by atoms with van der Waals surface area (Å²) in [5.41, 5.74) is 0.0225. The van der Waals surface area contributed by atoms with Gasteiger partial charge < -0.3 is 15.1 Å². The van der Waals surface area contributed by atoms with E-state index in [1.807, 2.05) is 22.9 Å². The average Bonchev–Trinajstić information content (AvgIpc) is 3.38. The van der Waals surface area contributed by atoms with Gasteiger partial charge in [-0.1, -0.05) is 35.3 Å². The number of hydrogen-bond donors (Lipinski definition) is 1. The Balaban J connectivity index is 1.36. The zero-order chi connectivity index (χ0) is 31.3. The zero-order valence-corrected chi connectivity index (χ0v) is 25.9. The highest BCUT2D eigenvalue weighted by Gasteiger charge is 2.39. The van der Waals surface area contributed by atoms with Gasteiger partial charge in [0.1, 0.15) is 5.82 Å². The highest BCUT2D eigenvalue weighted by Crippen LogP contribution is 2.36. The summed E-state index contributed by atoms with van der Waals surface area (Å²) >= 11 is 12.5. The molecule has 12 heteroatoms. The van der Waals surface area contributed by atoms with Gasteiger partial charge in [-0.3, -0.25) is 14.5 Å². The number of alkyl halides is 3. The fraction of sp³-hybridized carbons (Fsp3) is 0.548. The molecule has 2 aromatic rings. The predicted octanol–water partition coefficient (Wildman–Crippen LogP) is 6.35. The van der Waals surface area contributed by atoms with E-state index in [2.05, 4.69) is 10.2 Å². The second-order valence-corrected chi connectivity index (χ2v) is 12.5. The monoisotopic (exact) mass is 644 g/mol. The summed E-state index contributed by atoms with van der Waals surface area (Å²) in [7, 11) is 1.83. The van der Waals surface area contributed by atoms with Crippen LogP contribution in [-0.4, -0.2) is 78.4 Å². The number of nitrogens with zero attached hydrogens (tertiary/aromatic N) is 3. The molecule has 0 aliphatic carbocycles. The number of piperidine rings is 1. The zero-order valence-electron chi connectivity index (χ0n) is 24.4. The lowest BCUT2D eigenvalue weighted by atomic mass is 9.93. The second-order valence-electron chi connectivity index (χ2n) is 11.6. The molecule has 0 spiro atoms. The van der Waals surface area contributed by atoms with E-state index in [4.69, 9.17) is 23.2 Å². The number of likely N-dealkylation sites (tertiary alicyclic amines) is 2. The summed E-state index contributed by atoms with van der Waals surface area (Å²) in [5, 5.41) is 3.80. The molecule has 6 nitrogen and oxygen atoms in total. The Kier molecular flexibility index (Phi) is 11.4. The molecule has 1 N–H and O–H groups in total. The molecule has 0 radical (unpaired) electrons. The van der Waals surface area contributed by atoms with E-state index in [0.717, 1.165) is 63.0 Å². The molecule has 4 rings (SSSR count). The maximum Gasteiger partial charge on any atom is 0.419 e. The minimum absolute atomic E-state index is 0.00203. The number of halogens is 6. The van der Waals surface area contributed by atoms with Crippen LogP contribution in [0.3, 0.4) is 0 Å². The van der Waals surface area contributed by atoms with Crippen molar-refractivity contribution in [2.24, 2.45) is 0 Å². The lowest BCUT2D eigenvalue weighted by Gasteiger charge is -2.32. The number of carbonyl (C=O) groups excluding carboxylic acids is 2. The van der Waals surface area contributed by atoms with Gasteiger partial charge in [0.05, 0.1) is 15.6 Å². The average molecular weight is 646 g/mol. The molecule has 2 amide bonds. The van der Waals surface area contributed by atoms with Crippen LogP contribution < -0.4 is 5.32 Å². The number of carbonyl (C=O) groups is 2. The van der Waals surface area contributed by atoms with Gasteiger partial charge >= 0.3 is 6.18 Å². The number of amides is 2. The van der Waals surface area contributed by atoms with Crippen LogP contribution in [0.25, 0.3) is 0 Å². The molecule has 1 unspecified atom stereocenters. The fourth-order valence-electron chi connectivity index (χ4n) is 6.16. The quantitative estimate of drug-likeness (QED) is 0.242. The van der Waals surface area contributed by atoms with Gasteiger partial charge in [-0.05, 0) is 74.7 Å². The lowest BCUT2D eigenvalue weighted by Crippen LogP contribution is -2.44. The predicted molar refractivity (Wildman–Crippen MR) is 160 cm³/mol. The Bertz CT molecular complexity index is 1290. The molecule has 0 aromatic heterocycles. The first-order valence-corrected chi connectivity index (χ1v) is 15.4. The molecule has 2 heterocycles. The third-order valence-electron chi connectivity index (χ3n) is 8.46. The van der Waals surface area contributed by atoms with Crippen LogP contribution in [0.4, 0.5) is 17.6 Å². The fourth-order valence-corrected chi connectivity index (χ4v) is 6.46. The second kappa shape index (κ2) is 14.6. The molecule has 2 atom stereocenters. The van der Waals surface area contributed by atoms with Crippen molar-refractivity contribution in [1.82, 2.24) is 20.0 Å². The number of hydrogen-bond acceptors (Lipinski definition) is 4. The van der Waals surface area contributed by atoms with Crippen LogP contribution in [0.5, 0.6) is 0 Å². The Morgan fingerprint density at radius 2 is 1.74 bits per heavy atom. The molecular formula is C31H38Cl2F4N4O2. The van der Waals surface area contributed by atoms with E-state index >= 15 is 0 Å². The normalized spacial score (nSPS) is 20.2. The van der Waals surface area contributed by atoms with Gasteiger partial charge in [0.25, 0.3) is 0 Å². The third-order valence-corrected chi connectivity index (χ3v) is 9.20. The number of unbranched alkanes of at least 4 members (excludes halogenated alkanes) is 1. The molecule has 2 aromatic carbocycles. The van der Waals surface area contributed by atoms with Crippen molar-refractivity contribution in [2.75, 3.05) is 39.8 Å². The molecule has 43 heavy (non-hydrogen) atoms. The Morgan fingerprint density at radius 3 is 2.37 bits per heavy atom. The lowest BCUT2D eigenvalue weighted by molar-refractivity contribution is -0.140. The van der Waals surface area contributed by atoms with Crippen molar-refractivity contribution >= 4 is 35.0 Å². The maximum absolute atomic E-state index is 14.3. The highest BCUT2D eigenvalue weighted by molar-refractivity contribution is 6.42. The van der Waals surface area contributed by atoms with Crippen molar-refractivity contribution in [3.05, 3.63) is 69.0 Å². The maximum atomic E-state index is 14.3. The Labute approximate surface area is 260 Å². The van der Waals surface area contributed by atoms with Crippen molar-refractivity contribution in [3.8, 4) is 0 Å². The smallest absolute Gasteiger partial charge is 0.354 e. The van der Waals surface area contributed by atoms with Crippen molar-refractivity contribution < 1.29 is 27.2 Å². The Morgan fingerprint density at radius 1 is 1.02 bits per heavy atom. The van der Waals surface area contributed by atoms with Crippen LogP contribution in [0, 0.1) is 5.82 Å². The SMILES string of the molecule is CC(=O)NC1CCN(CCCCC(=O)N2CC(N(C)Cc3ccc(C(F)(F)F)c(F)c3)[C@@H](c3ccc(Cl)c(Cl)c3)C2)CC1. The van der Waals surface area contributed by atoms with Crippen molar-refractivity contribution in [2.45, 2.75) is 69.8 Å². The number of benzene rings is 2. The minimum atomic E-state index is -4.76. The van der Waals surface area contributed by atoms with Gasteiger partial charge in [0, 0.05) is 64.1 Å². The standard InChI is InChI=1S/C31H38Cl2F4N4O2/c1-20(42)38-23-10-13-40(14-11-23)12-4-3-5-30(43)41-18-24(22-7-9-26(32)27(33)16-22)29(19-41)39(2)17-21-6-8-25(28(34)15-21)31(35,36)37/h6-9,15-16,23-24,29H,3-5,10-14,17-19H2,1-2H3,(H,38,42)/t24-,29?/m1/s1. The van der Waals surface area contributed by atoms with Crippen LogP contribution in [0.15, 0.2) is 36.4 Å². The third kappa shape index (κ3) is 9.06. The number of likely N-dealkylation sites (N-methyl/N-ethyl adjacent to an activating group) is 1. The van der Waals surface area contributed by atoms with Crippen LogP contribution in [-0.2, 0) is 22.3 Å². The largest absolute Gasteiger partial charge is 0.419 e. The van der Waals surface area contributed by atoms with E-state index in [9.17, 15) is 27.2 Å². The molecule has 236 valence electrons. The molecule has 2 aliphatic rings. The van der Waals surface area contributed by atoms with E-state index < -0.39 is 17.6 Å². The molecule has 2 fully saturated rings. The Hall–Kier alpha value is -2.40. The van der Waals surface area contributed by atoms with Gasteiger partial charge in [-0.15, -0.1) is 0 Å². The summed E-state index contributed by atoms with van der Waals surface area (Å²) in [4.78, 5) is 30.7. The van der Waals surface area contributed by atoms with E-state index in [1.54, 1.807) is 12.1 Å². The first-order valence-electron chi connectivity index (χ1n) is 14.6. The van der Waals surface area contributed by atoms with Gasteiger partial charge in [-0.25, -0.2) is 4.39 Å². The van der Waals surface area contributed by atoms with E-state index in [-0.39, 0.29) is 36.4 Å². The summed E-state index contributed by atoms with van der Waals surface area (Å²) in [5.74, 6) is -1.37. The number of nitrogens with one attached hydrogen (secondary N) is 1. The summed E-state index contributed by atoms with van der Waals surface area (Å²) in [6.07, 6.45) is -0.846. The first-order chi connectivity index (χ1) is 20.3. The topological polar surface area (TPSA) is 55.9 Å². The molecule has 0 bridgehead atoms. The highest BCUT2D eigenvalue weighted by atomic mass is 35.5. The molecular weight excluding hydrogens is 607 g/mol. The van der Waals surface area contributed by atoms with Crippen LogP contribution in [0.2, 0.25) is 10.0 Å². The van der Waals surface area contributed by atoms with E-state index in [1.165, 1.54) is 13.0 Å². The number of rotatable bonds is 10. The van der Waals surface area contributed by atoms with Crippen LogP contribution >= 0.6 is 23.2 Å². The molecule has 0 saturated carbocycles.